The summed E-state index contributed by atoms with van der Waals surface area (Å²) >= 11 is 1.43. The van der Waals surface area contributed by atoms with E-state index < -0.39 is 16.9 Å². The predicted molar refractivity (Wildman–Crippen MR) is 154 cm³/mol. The van der Waals surface area contributed by atoms with Crippen LogP contribution in [0.15, 0.2) is 70.9 Å². The summed E-state index contributed by atoms with van der Waals surface area (Å²) in [6, 6.07) is 15.6. The Morgan fingerprint density at radius 2 is 1.85 bits per heavy atom. The predicted octanol–water partition coefficient (Wildman–Crippen LogP) is 4.89. The molecule has 208 valence electrons. The van der Waals surface area contributed by atoms with Gasteiger partial charge in [0.1, 0.15) is 6.04 Å². The van der Waals surface area contributed by atoms with Crippen molar-refractivity contribution in [1.29, 1.82) is 0 Å². The molecule has 0 amide bonds. The first-order valence-corrected chi connectivity index (χ1v) is 14.6. The van der Waals surface area contributed by atoms with Crippen LogP contribution in [0.25, 0.3) is 0 Å². The Labute approximate surface area is 233 Å². The third-order valence-electron chi connectivity index (χ3n) is 6.87. The van der Waals surface area contributed by atoms with Gasteiger partial charge in [-0.25, -0.2) is 9.79 Å². The Kier molecular flexibility index (Phi) is 10.9. The van der Waals surface area contributed by atoms with Crippen LogP contribution in [0.2, 0.25) is 0 Å². The summed E-state index contributed by atoms with van der Waals surface area (Å²) < 4.78 is 11.8. The first-order valence-electron chi connectivity index (χ1n) is 13.4. The van der Waals surface area contributed by atoms with E-state index in [1.165, 1.54) is 48.7 Å². The number of nitro benzene ring substituents is 1. The van der Waals surface area contributed by atoms with Crippen LogP contribution in [0.1, 0.15) is 42.9 Å². The number of aryl methyl sites for hydroxylation is 1. The van der Waals surface area contributed by atoms with E-state index in [0.717, 1.165) is 26.1 Å². The topological polar surface area (TPSA) is 106 Å². The lowest BCUT2D eigenvalue weighted by molar-refractivity contribution is -0.384. The fourth-order valence-corrected chi connectivity index (χ4v) is 5.20. The molecule has 10 heteroatoms. The number of carbonyl (C=O) groups is 1. The van der Waals surface area contributed by atoms with Gasteiger partial charge in [0.05, 0.1) is 36.0 Å². The van der Waals surface area contributed by atoms with Crippen molar-refractivity contribution >= 4 is 28.6 Å². The highest BCUT2D eigenvalue weighted by Gasteiger charge is 2.32. The van der Waals surface area contributed by atoms with E-state index in [-0.39, 0.29) is 18.9 Å². The summed E-state index contributed by atoms with van der Waals surface area (Å²) in [6.07, 6.45) is 7.12. The smallest absolute Gasteiger partial charge is 0.338 e. The van der Waals surface area contributed by atoms with E-state index in [1.807, 2.05) is 24.5 Å². The van der Waals surface area contributed by atoms with E-state index in [2.05, 4.69) is 22.3 Å². The molecule has 0 bridgehead atoms. The lowest BCUT2D eigenvalue weighted by Gasteiger charge is -2.28. The number of rotatable bonds is 12. The molecule has 4 rings (SSSR count). The zero-order chi connectivity index (χ0) is 27.5. The van der Waals surface area contributed by atoms with Gasteiger partial charge in [-0.15, -0.1) is 0 Å². The number of nitro groups is 1. The summed E-state index contributed by atoms with van der Waals surface area (Å²) in [5.74, 6) is -0.461. The number of likely N-dealkylation sites (tertiary alicyclic amines) is 1. The summed E-state index contributed by atoms with van der Waals surface area (Å²) in [7, 11) is 0. The van der Waals surface area contributed by atoms with Crippen LogP contribution in [0.3, 0.4) is 0 Å². The normalized spacial score (nSPS) is 17.9. The number of amidine groups is 1. The molecule has 0 spiro atoms. The third-order valence-corrected chi connectivity index (χ3v) is 7.46. The number of nitrogens with zero attached hydrogens (tertiary/aromatic N) is 3. The first kappa shape index (κ1) is 28.8. The molecule has 2 heterocycles. The molecule has 1 atom stereocenters. The van der Waals surface area contributed by atoms with Gasteiger partial charge in [0.15, 0.2) is 5.17 Å². The minimum Gasteiger partial charge on any atom is -0.462 e. The first-order chi connectivity index (χ1) is 19.0. The molecule has 0 radical (unpaired) electrons. The Balaban J connectivity index is 1.49. The van der Waals surface area contributed by atoms with Crippen LogP contribution in [-0.4, -0.2) is 66.7 Å². The van der Waals surface area contributed by atoms with Crippen molar-refractivity contribution in [2.45, 2.75) is 38.1 Å². The van der Waals surface area contributed by atoms with Crippen LogP contribution in [0, 0.1) is 10.1 Å². The lowest BCUT2D eigenvalue weighted by Crippen LogP contribution is -2.35. The van der Waals surface area contributed by atoms with Gasteiger partial charge in [-0.05, 0) is 68.3 Å². The monoisotopic (exact) mass is 552 g/mol. The minimum absolute atomic E-state index is 0.0166. The molecule has 0 aromatic heterocycles. The summed E-state index contributed by atoms with van der Waals surface area (Å²) in [5.41, 5.74) is 2.84. The molecular weight excluding hydrogens is 516 g/mol. The standard InChI is InChI=1S/C29H36N4O5S/c1-39-29-30-25(21-37-20-18-32-16-6-3-7-17-32)26(27(31-29)23-12-14-24(15-13-23)33(35)36)28(34)38-19-8-11-22-9-4-2-5-10-22/h2,4-5,9-10,12-15,27H,3,6-8,11,16-21H2,1H3,(H,30,31). The number of hydrogen-bond donors (Lipinski definition) is 1. The van der Waals surface area contributed by atoms with E-state index >= 15 is 0 Å². The Hall–Kier alpha value is -3.21. The number of carbonyl (C=O) groups excluding carboxylic acids is 1. The van der Waals surface area contributed by atoms with Gasteiger partial charge in [0.25, 0.3) is 5.69 Å². The molecule has 0 aliphatic carbocycles. The number of esters is 1. The summed E-state index contributed by atoms with van der Waals surface area (Å²) in [5, 5.41) is 15.1. The van der Waals surface area contributed by atoms with Gasteiger partial charge >= 0.3 is 5.97 Å². The van der Waals surface area contributed by atoms with Crippen molar-refractivity contribution in [3.63, 3.8) is 0 Å². The van der Waals surface area contributed by atoms with Crippen molar-refractivity contribution in [2.75, 3.05) is 45.7 Å². The second-order valence-electron chi connectivity index (χ2n) is 9.59. The highest BCUT2D eigenvalue weighted by atomic mass is 32.2. The van der Waals surface area contributed by atoms with Crippen molar-refractivity contribution in [2.24, 2.45) is 4.99 Å². The number of ether oxygens (including phenoxy) is 2. The van der Waals surface area contributed by atoms with Crippen LogP contribution in [0.5, 0.6) is 0 Å². The van der Waals surface area contributed by atoms with Gasteiger partial charge in [0.2, 0.25) is 0 Å². The van der Waals surface area contributed by atoms with Crippen molar-refractivity contribution in [3.8, 4) is 0 Å². The molecule has 1 saturated heterocycles. The van der Waals surface area contributed by atoms with Crippen molar-refractivity contribution in [3.05, 3.63) is 87.1 Å². The fraction of sp³-hybridized carbons (Fsp3) is 0.448. The van der Waals surface area contributed by atoms with Gasteiger partial charge in [0, 0.05) is 18.7 Å². The number of benzene rings is 2. The number of aliphatic imine (C=N–C) groups is 1. The average molecular weight is 553 g/mol. The van der Waals surface area contributed by atoms with Crippen LogP contribution < -0.4 is 5.32 Å². The third kappa shape index (κ3) is 8.39. The van der Waals surface area contributed by atoms with Crippen molar-refractivity contribution in [1.82, 2.24) is 10.2 Å². The molecule has 2 aliphatic heterocycles. The SMILES string of the molecule is CSC1=NC(c2ccc([N+](=O)[O-])cc2)C(C(=O)OCCCc2ccccc2)=C(COCCN2CCCCC2)N1. The molecule has 9 nitrogen and oxygen atoms in total. The Morgan fingerprint density at radius 3 is 2.54 bits per heavy atom. The summed E-state index contributed by atoms with van der Waals surface area (Å²) in [4.78, 5) is 31.4. The zero-order valence-corrected chi connectivity index (χ0v) is 23.2. The van der Waals surface area contributed by atoms with Crippen LogP contribution in [0.4, 0.5) is 5.69 Å². The number of thioether (sulfide) groups is 1. The second kappa shape index (κ2) is 14.8. The molecule has 2 aliphatic rings. The van der Waals surface area contributed by atoms with Gasteiger partial charge in [-0.3, -0.25) is 10.1 Å². The highest BCUT2D eigenvalue weighted by molar-refractivity contribution is 8.13. The highest BCUT2D eigenvalue weighted by Crippen LogP contribution is 2.34. The quantitative estimate of drug-likeness (QED) is 0.172. The average Bonchev–Trinajstić information content (AvgIpc) is 2.98. The van der Waals surface area contributed by atoms with E-state index in [4.69, 9.17) is 14.5 Å². The molecule has 1 unspecified atom stereocenters. The molecule has 2 aromatic carbocycles. The Morgan fingerprint density at radius 1 is 1.10 bits per heavy atom. The Bertz CT molecular complexity index is 1160. The van der Waals surface area contributed by atoms with E-state index in [9.17, 15) is 14.9 Å². The zero-order valence-electron chi connectivity index (χ0n) is 22.3. The van der Waals surface area contributed by atoms with Gasteiger partial charge in [-0.1, -0.05) is 48.5 Å². The van der Waals surface area contributed by atoms with E-state index in [1.54, 1.807) is 12.1 Å². The summed E-state index contributed by atoms with van der Waals surface area (Å²) in [6.45, 7) is 4.07. The maximum Gasteiger partial charge on any atom is 0.338 e. The second-order valence-corrected chi connectivity index (χ2v) is 10.4. The number of hydrogen-bond acceptors (Lipinski definition) is 9. The molecule has 1 N–H and O–H groups in total. The molecule has 2 aromatic rings. The molecule has 1 fully saturated rings. The number of piperidine rings is 1. The molecule has 0 saturated carbocycles. The van der Waals surface area contributed by atoms with Crippen molar-refractivity contribution < 1.29 is 19.2 Å². The van der Waals surface area contributed by atoms with Gasteiger partial charge in [-0.2, -0.15) is 0 Å². The lowest BCUT2D eigenvalue weighted by atomic mass is 9.96. The van der Waals surface area contributed by atoms with Crippen LogP contribution in [-0.2, 0) is 20.7 Å². The largest absolute Gasteiger partial charge is 0.462 e. The van der Waals surface area contributed by atoms with Gasteiger partial charge < -0.3 is 19.7 Å². The maximum absolute atomic E-state index is 13.5. The minimum atomic E-state index is -0.656. The number of nitrogens with one attached hydrogen (secondary N) is 1. The maximum atomic E-state index is 13.5. The van der Waals surface area contributed by atoms with Crippen LogP contribution >= 0.6 is 11.8 Å². The number of non-ortho nitro benzene ring substituents is 1. The molecular formula is C29H36N4O5S. The fourth-order valence-electron chi connectivity index (χ4n) is 4.76. The molecule has 39 heavy (non-hydrogen) atoms. The van der Waals surface area contributed by atoms with E-state index in [0.29, 0.717) is 35.0 Å².